The number of benzene rings is 3. The molecular weight excluding hydrogens is 348 g/mol. The molecule has 0 spiro atoms. The summed E-state index contributed by atoms with van der Waals surface area (Å²) in [6.07, 6.45) is 1.70. The molecule has 0 saturated carbocycles. The van der Waals surface area contributed by atoms with Crippen LogP contribution in [0.4, 0.5) is 14.5 Å². The lowest BCUT2D eigenvalue weighted by Gasteiger charge is -2.05. The molecule has 0 aliphatic carbocycles. The summed E-state index contributed by atoms with van der Waals surface area (Å²) in [5, 5.41) is 1.83. The van der Waals surface area contributed by atoms with Gasteiger partial charge in [-0.3, -0.25) is 0 Å². The van der Waals surface area contributed by atoms with E-state index in [1.807, 2.05) is 66.9 Å². The van der Waals surface area contributed by atoms with Gasteiger partial charge < -0.3 is 0 Å². The topological polar surface area (TPSA) is 12.4 Å². The first-order chi connectivity index (χ1) is 12.6. The Bertz CT molecular complexity index is 932. The molecule has 3 rings (SSSR count). The van der Waals surface area contributed by atoms with Gasteiger partial charge in [-0.15, -0.1) is 0 Å². The second-order valence-electron chi connectivity index (χ2n) is 5.69. The van der Waals surface area contributed by atoms with Gasteiger partial charge in [-0.25, -0.2) is 13.8 Å². The maximum Gasteiger partial charge on any atom is 0.132 e. The highest BCUT2D eigenvalue weighted by atomic mass is 32.2. The standard InChI is InChI=1S/C22H17F2NS/c1-16-7-10-19(11-8-16)26-14-13-22(25-18-5-3-2-4-6-18)20-15-17(23)9-12-21(20)24/h2-15H,1H3. The molecule has 0 aromatic heterocycles. The highest BCUT2D eigenvalue weighted by molar-refractivity contribution is 8.02. The van der Waals surface area contributed by atoms with Crippen LogP contribution in [0.3, 0.4) is 0 Å². The van der Waals surface area contributed by atoms with E-state index in [0.717, 1.165) is 23.1 Å². The van der Waals surface area contributed by atoms with E-state index in [-0.39, 0.29) is 5.56 Å². The summed E-state index contributed by atoms with van der Waals surface area (Å²) < 4.78 is 27.8. The lowest BCUT2D eigenvalue weighted by molar-refractivity contribution is 0.598. The van der Waals surface area contributed by atoms with Crippen LogP contribution in [0.15, 0.2) is 94.2 Å². The number of hydrogen-bond donors (Lipinski definition) is 0. The smallest absolute Gasteiger partial charge is 0.132 e. The minimum atomic E-state index is -0.508. The molecule has 0 bridgehead atoms. The molecule has 130 valence electrons. The summed E-state index contributed by atoms with van der Waals surface area (Å²) in [5.41, 5.74) is 2.37. The first kappa shape index (κ1) is 18.1. The predicted octanol–water partition coefficient (Wildman–Crippen LogP) is 6.70. The van der Waals surface area contributed by atoms with Gasteiger partial charge in [0.25, 0.3) is 0 Å². The molecule has 0 aliphatic rings. The van der Waals surface area contributed by atoms with Crippen molar-refractivity contribution in [2.24, 2.45) is 4.99 Å². The Hall–Kier alpha value is -2.72. The van der Waals surface area contributed by atoms with E-state index < -0.39 is 11.6 Å². The van der Waals surface area contributed by atoms with E-state index in [1.54, 1.807) is 6.08 Å². The quantitative estimate of drug-likeness (QED) is 0.362. The van der Waals surface area contributed by atoms with Crippen molar-refractivity contribution in [3.8, 4) is 0 Å². The molecule has 0 N–H and O–H groups in total. The molecule has 4 heteroatoms. The van der Waals surface area contributed by atoms with Crippen molar-refractivity contribution in [1.29, 1.82) is 0 Å². The largest absolute Gasteiger partial charge is 0.248 e. The highest BCUT2D eigenvalue weighted by Crippen LogP contribution is 2.22. The van der Waals surface area contributed by atoms with Gasteiger partial charge in [0.05, 0.1) is 11.4 Å². The zero-order valence-corrected chi connectivity index (χ0v) is 15.0. The van der Waals surface area contributed by atoms with E-state index in [1.165, 1.54) is 17.3 Å². The Morgan fingerprint density at radius 2 is 1.65 bits per heavy atom. The molecule has 1 nitrogen and oxygen atoms in total. The van der Waals surface area contributed by atoms with Crippen molar-refractivity contribution in [1.82, 2.24) is 0 Å². The summed E-state index contributed by atoms with van der Waals surface area (Å²) in [5.74, 6) is -1.01. The number of allylic oxidation sites excluding steroid dienone is 1. The molecule has 0 fully saturated rings. The van der Waals surface area contributed by atoms with Crippen LogP contribution in [-0.4, -0.2) is 5.71 Å². The lowest BCUT2D eigenvalue weighted by Crippen LogP contribution is -2.01. The first-order valence-corrected chi connectivity index (χ1v) is 8.99. The number of hydrogen-bond acceptors (Lipinski definition) is 2. The van der Waals surface area contributed by atoms with Crippen LogP contribution in [0.2, 0.25) is 0 Å². The molecule has 0 unspecified atom stereocenters. The van der Waals surface area contributed by atoms with Gasteiger partial charge in [-0.05, 0) is 60.9 Å². The maximum atomic E-state index is 14.2. The second kappa shape index (κ2) is 8.59. The minimum absolute atomic E-state index is 0.134. The number of thioether (sulfide) groups is 1. The number of aryl methyl sites for hydroxylation is 1. The van der Waals surface area contributed by atoms with Gasteiger partial charge in [-0.1, -0.05) is 47.7 Å². The van der Waals surface area contributed by atoms with Crippen molar-refractivity contribution in [3.63, 3.8) is 0 Å². The minimum Gasteiger partial charge on any atom is -0.248 e. The third-order valence-corrected chi connectivity index (χ3v) is 4.48. The lowest BCUT2D eigenvalue weighted by atomic mass is 10.1. The summed E-state index contributed by atoms with van der Waals surface area (Å²) in [7, 11) is 0. The Morgan fingerprint density at radius 3 is 2.38 bits per heavy atom. The number of halogens is 2. The molecule has 0 heterocycles. The van der Waals surface area contributed by atoms with Gasteiger partial charge >= 0.3 is 0 Å². The molecule has 0 aliphatic heterocycles. The Labute approximate surface area is 156 Å². The van der Waals surface area contributed by atoms with Crippen molar-refractivity contribution in [2.45, 2.75) is 11.8 Å². The van der Waals surface area contributed by atoms with E-state index in [2.05, 4.69) is 4.99 Å². The van der Waals surface area contributed by atoms with Crippen molar-refractivity contribution >= 4 is 23.2 Å². The third kappa shape index (κ3) is 4.90. The predicted molar refractivity (Wildman–Crippen MR) is 105 cm³/mol. The van der Waals surface area contributed by atoms with Crippen LogP contribution in [0, 0.1) is 18.6 Å². The fourth-order valence-electron chi connectivity index (χ4n) is 2.32. The molecular formula is C22H17F2NS. The van der Waals surface area contributed by atoms with Crippen molar-refractivity contribution < 1.29 is 8.78 Å². The molecule has 0 radical (unpaired) electrons. The van der Waals surface area contributed by atoms with Crippen LogP contribution >= 0.6 is 11.8 Å². The van der Waals surface area contributed by atoms with Crippen LogP contribution in [0.25, 0.3) is 0 Å². The molecule has 26 heavy (non-hydrogen) atoms. The highest BCUT2D eigenvalue weighted by Gasteiger charge is 2.09. The number of rotatable bonds is 5. The average molecular weight is 365 g/mol. The zero-order valence-electron chi connectivity index (χ0n) is 14.2. The van der Waals surface area contributed by atoms with Crippen LogP contribution in [0.1, 0.15) is 11.1 Å². The monoisotopic (exact) mass is 365 g/mol. The van der Waals surface area contributed by atoms with Gasteiger partial charge in [0.2, 0.25) is 0 Å². The summed E-state index contributed by atoms with van der Waals surface area (Å²) in [6, 6.07) is 20.7. The molecule has 3 aromatic carbocycles. The van der Waals surface area contributed by atoms with Gasteiger partial charge in [0.1, 0.15) is 11.6 Å². The SMILES string of the molecule is Cc1ccc(SC=CC(=Nc2ccccc2)c2cc(F)ccc2F)cc1. The van der Waals surface area contributed by atoms with E-state index in [0.29, 0.717) is 11.4 Å². The van der Waals surface area contributed by atoms with Gasteiger partial charge in [0, 0.05) is 10.5 Å². The van der Waals surface area contributed by atoms with Crippen LogP contribution < -0.4 is 0 Å². The maximum absolute atomic E-state index is 14.2. The third-order valence-electron chi connectivity index (χ3n) is 3.66. The zero-order chi connectivity index (χ0) is 18.4. The van der Waals surface area contributed by atoms with Crippen molar-refractivity contribution in [3.05, 3.63) is 107 Å². The number of aliphatic imine (C=N–C) groups is 1. The van der Waals surface area contributed by atoms with Gasteiger partial charge in [-0.2, -0.15) is 0 Å². The molecule has 0 saturated heterocycles. The summed E-state index contributed by atoms with van der Waals surface area (Å²) in [6.45, 7) is 2.03. The average Bonchev–Trinajstić information content (AvgIpc) is 2.65. The van der Waals surface area contributed by atoms with Crippen molar-refractivity contribution in [2.75, 3.05) is 0 Å². The molecule has 3 aromatic rings. The fourth-order valence-corrected chi connectivity index (χ4v) is 2.96. The molecule has 0 atom stereocenters. The van der Waals surface area contributed by atoms with E-state index in [4.69, 9.17) is 0 Å². The van der Waals surface area contributed by atoms with E-state index in [9.17, 15) is 8.78 Å². The summed E-state index contributed by atoms with van der Waals surface area (Å²) in [4.78, 5) is 5.55. The van der Waals surface area contributed by atoms with Crippen LogP contribution in [0.5, 0.6) is 0 Å². The van der Waals surface area contributed by atoms with Crippen LogP contribution in [-0.2, 0) is 0 Å². The first-order valence-electron chi connectivity index (χ1n) is 8.11. The Kier molecular flexibility index (Phi) is 5.97. The fraction of sp³-hybridized carbons (Fsp3) is 0.0455. The summed E-state index contributed by atoms with van der Waals surface area (Å²) >= 11 is 1.50. The van der Waals surface area contributed by atoms with Gasteiger partial charge in [0.15, 0.2) is 0 Å². The Balaban J connectivity index is 1.92. The number of para-hydroxylation sites is 1. The number of nitrogens with zero attached hydrogens (tertiary/aromatic N) is 1. The van der Waals surface area contributed by atoms with E-state index >= 15 is 0 Å². The Morgan fingerprint density at radius 1 is 0.923 bits per heavy atom. The second-order valence-corrected chi connectivity index (χ2v) is 6.67. The normalized spacial score (nSPS) is 11.9. The molecule has 0 amide bonds.